The van der Waals surface area contributed by atoms with Crippen molar-refractivity contribution in [1.29, 1.82) is 0 Å². The van der Waals surface area contributed by atoms with Gasteiger partial charge in [-0.1, -0.05) is 59.2 Å². The third-order valence-electron chi connectivity index (χ3n) is 15.0. The van der Waals surface area contributed by atoms with Crippen molar-refractivity contribution in [3.8, 4) is 0 Å². The summed E-state index contributed by atoms with van der Waals surface area (Å²) in [7, 11) is -3.99. The van der Waals surface area contributed by atoms with Gasteiger partial charge in [0.25, 0.3) is 10.1 Å². The number of amides is 1. The summed E-state index contributed by atoms with van der Waals surface area (Å²) in [4.78, 5) is 25.4. The van der Waals surface area contributed by atoms with Crippen molar-refractivity contribution in [2.24, 2.45) is 50.7 Å². The molecule has 4 saturated carbocycles. The van der Waals surface area contributed by atoms with Crippen LogP contribution in [0.25, 0.3) is 5.57 Å². The van der Waals surface area contributed by atoms with E-state index in [2.05, 4.69) is 51.3 Å². The summed E-state index contributed by atoms with van der Waals surface area (Å²) < 4.78 is 30.9. The lowest BCUT2D eigenvalue weighted by molar-refractivity contribution is -0.222. The van der Waals surface area contributed by atoms with Crippen molar-refractivity contribution >= 4 is 27.6 Å². The molecule has 0 heterocycles. The molecule has 5 aliphatic carbocycles. The predicted octanol–water partition coefficient (Wildman–Crippen LogP) is 6.83. The van der Waals surface area contributed by atoms with Crippen LogP contribution in [0.5, 0.6) is 0 Å². The zero-order valence-electron chi connectivity index (χ0n) is 29.0. The number of allylic oxidation sites excluding steroid dienone is 2. The fourth-order valence-corrected chi connectivity index (χ4v) is 13.0. The lowest BCUT2D eigenvalue weighted by atomic mass is 9.32. The van der Waals surface area contributed by atoms with Crippen LogP contribution in [-0.4, -0.2) is 55.3 Å². The van der Waals surface area contributed by atoms with Crippen molar-refractivity contribution < 1.29 is 27.7 Å². The van der Waals surface area contributed by atoms with E-state index in [9.17, 15) is 23.1 Å². The highest BCUT2D eigenvalue weighted by Crippen LogP contribution is 2.77. The van der Waals surface area contributed by atoms with Crippen molar-refractivity contribution in [2.45, 2.75) is 98.8 Å². The monoisotopic (exact) mass is 668 g/mol. The molecule has 1 amide bonds. The smallest absolute Gasteiger partial charge is 0.335 e. The fraction of sp³-hybridized carbons (Fsp3) is 0.737. The Hall–Kier alpha value is -2.23. The van der Waals surface area contributed by atoms with Crippen molar-refractivity contribution in [1.82, 2.24) is 10.6 Å². The molecule has 9 heteroatoms. The summed E-state index contributed by atoms with van der Waals surface area (Å²) in [6, 6.07) is 7.45. The lowest BCUT2D eigenvalue weighted by Gasteiger charge is -2.72. The molecule has 1 aromatic carbocycles. The number of hydrogen-bond acceptors (Lipinski definition) is 5. The van der Waals surface area contributed by atoms with Gasteiger partial charge in [-0.05, 0) is 126 Å². The van der Waals surface area contributed by atoms with Crippen LogP contribution >= 0.6 is 0 Å². The van der Waals surface area contributed by atoms with E-state index >= 15 is 0 Å². The molecule has 0 spiro atoms. The first-order valence-corrected chi connectivity index (χ1v) is 19.6. The van der Waals surface area contributed by atoms with Crippen molar-refractivity contribution in [3.05, 3.63) is 41.5 Å². The zero-order valence-corrected chi connectivity index (χ0v) is 29.8. The Bertz CT molecular complexity index is 1540. The number of carboxylic acids is 1. The van der Waals surface area contributed by atoms with Gasteiger partial charge in [0.15, 0.2) is 0 Å². The van der Waals surface area contributed by atoms with E-state index in [1.165, 1.54) is 31.3 Å². The van der Waals surface area contributed by atoms with Crippen LogP contribution in [0, 0.1) is 50.7 Å². The van der Waals surface area contributed by atoms with Gasteiger partial charge >= 0.3 is 5.97 Å². The van der Waals surface area contributed by atoms with E-state index < -0.39 is 16.1 Å². The molecule has 0 aliphatic heterocycles. The molecule has 4 fully saturated rings. The number of rotatable bonds is 9. The maximum absolute atomic E-state index is 13.9. The molecule has 260 valence electrons. The second-order valence-corrected chi connectivity index (χ2v) is 18.6. The first kappa shape index (κ1) is 34.6. The Morgan fingerprint density at radius 1 is 0.830 bits per heavy atom. The number of fused-ring (bicyclic) bond motifs is 7. The number of nitrogens with one attached hydrogen (secondary N) is 2. The molecule has 5 aliphatic rings. The van der Waals surface area contributed by atoms with Gasteiger partial charge in [0.2, 0.25) is 5.91 Å². The van der Waals surface area contributed by atoms with Crippen LogP contribution in [0.2, 0.25) is 0 Å². The second-order valence-electron chi connectivity index (χ2n) is 17.0. The Morgan fingerprint density at radius 2 is 1.55 bits per heavy atom. The number of benzene rings is 1. The highest BCUT2D eigenvalue weighted by Gasteiger charge is 2.70. The van der Waals surface area contributed by atoms with Crippen LogP contribution in [0.4, 0.5) is 0 Å². The Labute approximate surface area is 281 Å². The molecular weight excluding hydrogens is 612 g/mol. The summed E-state index contributed by atoms with van der Waals surface area (Å²) in [6.07, 6.45) is 13.5. The molecular formula is C38H56N2O6S. The van der Waals surface area contributed by atoms with Crippen LogP contribution in [-0.2, 0) is 14.9 Å². The van der Waals surface area contributed by atoms with Crippen molar-refractivity contribution in [3.63, 3.8) is 0 Å². The highest BCUT2D eigenvalue weighted by atomic mass is 32.2. The van der Waals surface area contributed by atoms with Crippen LogP contribution in [0.3, 0.4) is 0 Å². The van der Waals surface area contributed by atoms with Gasteiger partial charge in [-0.2, -0.15) is 8.42 Å². The normalized spacial score (nSPS) is 39.1. The average molecular weight is 669 g/mol. The van der Waals surface area contributed by atoms with Gasteiger partial charge < -0.3 is 15.7 Å². The molecule has 4 N–H and O–H groups in total. The van der Waals surface area contributed by atoms with Gasteiger partial charge in [-0.15, -0.1) is 0 Å². The molecule has 47 heavy (non-hydrogen) atoms. The third-order valence-corrected chi connectivity index (χ3v) is 15.7. The zero-order chi connectivity index (χ0) is 34.0. The summed E-state index contributed by atoms with van der Waals surface area (Å²) >= 11 is 0. The fourth-order valence-electron chi connectivity index (χ4n) is 12.6. The topological polar surface area (TPSA) is 133 Å². The number of aromatic carboxylic acids is 1. The van der Waals surface area contributed by atoms with E-state index in [1.807, 2.05) is 12.1 Å². The minimum Gasteiger partial charge on any atom is -0.478 e. The largest absolute Gasteiger partial charge is 0.478 e. The molecule has 0 bridgehead atoms. The first-order valence-electron chi connectivity index (χ1n) is 18.0. The van der Waals surface area contributed by atoms with E-state index in [0.717, 1.165) is 44.1 Å². The maximum Gasteiger partial charge on any atom is 0.335 e. The number of carbonyl (C=O) groups excluding carboxylic acids is 1. The predicted molar refractivity (Wildman–Crippen MR) is 184 cm³/mol. The van der Waals surface area contributed by atoms with Gasteiger partial charge in [-0.25, -0.2) is 4.79 Å². The van der Waals surface area contributed by atoms with Crippen LogP contribution in [0.1, 0.15) is 115 Å². The lowest BCUT2D eigenvalue weighted by Crippen LogP contribution is -2.66. The summed E-state index contributed by atoms with van der Waals surface area (Å²) in [5, 5.41) is 15.7. The molecule has 0 aromatic heterocycles. The van der Waals surface area contributed by atoms with E-state index in [4.69, 9.17) is 4.55 Å². The first-order chi connectivity index (χ1) is 22.0. The summed E-state index contributed by atoms with van der Waals surface area (Å²) in [6.45, 7) is 13.7. The molecule has 0 radical (unpaired) electrons. The number of carboxylic acid groups (broad SMARTS) is 1. The van der Waals surface area contributed by atoms with Crippen LogP contribution < -0.4 is 10.6 Å². The number of hydrogen-bond donors (Lipinski definition) is 4. The molecule has 6 rings (SSSR count). The van der Waals surface area contributed by atoms with E-state index in [0.29, 0.717) is 42.3 Å². The Kier molecular flexibility index (Phi) is 8.82. The Morgan fingerprint density at radius 3 is 2.23 bits per heavy atom. The number of carbonyl (C=O) groups is 2. The minimum atomic E-state index is -3.99. The third kappa shape index (κ3) is 5.51. The highest BCUT2D eigenvalue weighted by molar-refractivity contribution is 7.85. The molecule has 8 atom stereocenters. The van der Waals surface area contributed by atoms with Gasteiger partial charge in [-0.3, -0.25) is 9.35 Å². The maximum atomic E-state index is 13.9. The average Bonchev–Trinajstić information content (AvgIpc) is 3.44. The summed E-state index contributed by atoms with van der Waals surface area (Å²) in [5.41, 5.74) is 3.06. The SMILES string of the molecule is CC1(C)C(c2ccc(C(=O)O)cc2)=CC[C@]2(C)[C@H]3CC[C@@H]4[C@H]5CCC[C@]5(C(=O)NCCNCCS(=O)(=O)O)CC[C@@]4(C)[C@]3(C)CC[C@@H]12. The van der Waals surface area contributed by atoms with E-state index in [-0.39, 0.29) is 45.3 Å². The second kappa shape index (κ2) is 12.0. The quantitative estimate of drug-likeness (QED) is 0.168. The van der Waals surface area contributed by atoms with Gasteiger partial charge in [0.1, 0.15) is 0 Å². The van der Waals surface area contributed by atoms with E-state index in [1.54, 1.807) is 12.1 Å². The van der Waals surface area contributed by atoms with Gasteiger partial charge in [0, 0.05) is 19.6 Å². The molecule has 1 aromatic rings. The van der Waals surface area contributed by atoms with Gasteiger partial charge in [0.05, 0.1) is 16.7 Å². The minimum absolute atomic E-state index is 0.0245. The van der Waals surface area contributed by atoms with Crippen LogP contribution in [0.15, 0.2) is 30.3 Å². The molecule has 0 unspecified atom stereocenters. The molecule has 8 nitrogen and oxygen atoms in total. The molecule has 0 saturated heterocycles. The standard InChI is InChI=1S/C38H56N2O6S/c1-34(2)27(25-8-10-26(11-9-25)32(41)42)14-17-35(3)30(34)15-18-37(5)31(35)13-12-28-29-7-6-16-38(29,20-19-36(28,37)4)33(43)40-22-21-39-23-24-47(44,45)46/h8-11,14,28-31,39H,6-7,12-13,15-24H2,1-5H3,(H,40,43)(H,41,42)(H,44,45,46)/t28-,29-,30+,31-,35+,36-,37-,38+/m1/s1. The summed E-state index contributed by atoms with van der Waals surface area (Å²) in [5.74, 6) is 1.05. The Balaban J connectivity index is 1.20. The van der Waals surface area contributed by atoms with Crippen molar-refractivity contribution in [2.75, 3.05) is 25.4 Å².